The molecule has 0 aliphatic carbocycles. The van der Waals surface area contributed by atoms with E-state index in [0.717, 1.165) is 12.1 Å². The molecule has 23 heavy (non-hydrogen) atoms. The first kappa shape index (κ1) is 15.3. The molecular formula is C14H16F2N6O. The average Bonchev–Trinajstić information content (AvgIpc) is 3.04. The van der Waals surface area contributed by atoms with Crippen molar-refractivity contribution in [2.75, 3.05) is 11.4 Å². The number of fused-ring (bicyclic) bond motifs is 1. The lowest BCUT2D eigenvalue weighted by Gasteiger charge is -2.20. The fourth-order valence-corrected chi connectivity index (χ4v) is 2.29. The van der Waals surface area contributed by atoms with Gasteiger partial charge in [0.25, 0.3) is 6.01 Å². The number of aromatic nitrogens is 5. The zero-order chi connectivity index (χ0) is 16.6. The van der Waals surface area contributed by atoms with Gasteiger partial charge in [-0.1, -0.05) is 13.8 Å². The van der Waals surface area contributed by atoms with Crippen LogP contribution in [0.25, 0.3) is 11.1 Å². The van der Waals surface area contributed by atoms with Crippen molar-refractivity contribution in [3.63, 3.8) is 0 Å². The van der Waals surface area contributed by atoms with Gasteiger partial charge in [0.1, 0.15) is 11.3 Å². The molecule has 2 aromatic heterocycles. The van der Waals surface area contributed by atoms with Gasteiger partial charge in [0, 0.05) is 18.7 Å². The molecule has 2 heterocycles. The van der Waals surface area contributed by atoms with E-state index in [1.807, 2.05) is 13.8 Å². The van der Waals surface area contributed by atoms with Crippen LogP contribution in [-0.2, 0) is 13.6 Å². The van der Waals surface area contributed by atoms with Crippen molar-refractivity contribution in [1.82, 2.24) is 25.2 Å². The number of halogens is 2. The number of hydrogen-bond acceptors (Lipinski definition) is 6. The zero-order valence-electron chi connectivity index (χ0n) is 13.0. The second-order valence-corrected chi connectivity index (χ2v) is 5.70. The Kier molecular flexibility index (Phi) is 3.93. The van der Waals surface area contributed by atoms with E-state index >= 15 is 0 Å². The molecule has 0 bridgehead atoms. The number of tetrazole rings is 1. The van der Waals surface area contributed by atoms with Crippen LogP contribution in [0.15, 0.2) is 16.5 Å². The Labute approximate surface area is 130 Å². The molecule has 0 N–H and O–H groups in total. The van der Waals surface area contributed by atoms with E-state index in [2.05, 4.69) is 20.4 Å². The number of hydrogen-bond donors (Lipinski definition) is 0. The van der Waals surface area contributed by atoms with E-state index in [-0.39, 0.29) is 17.1 Å². The molecule has 0 radical (unpaired) electrons. The first-order valence-electron chi connectivity index (χ1n) is 7.16. The highest BCUT2D eigenvalue weighted by Crippen LogP contribution is 2.26. The lowest BCUT2D eigenvalue weighted by Crippen LogP contribution is -2.28. The van der Waals surface area contributed by atoms with Gasteiger partial charge in [0.15, 0.2) is 17.2 Å². The van der Waals surface area contributed by atoms with Gasteiger partial charge in [0.2, 0.25) is 0 Å². The van der Waals surface area contributed by atoms with Crippen molar-refractivity contribution in [3.8, 4) is 0 Å². The van der Waals surface area contributed by atoms with Gasteiger partial charge in [-0.2, -0.15) is 9.78 Å². The Balaban J connectivity index is 1.97. The Hall–Kier alpha value is -2.58. The van der Waals surface area contributed by atoms with Gasteiger partial charge in [-0.3, -0.25) is 0 Å². The predicted octanol–water partition coefficient (Wildman–Crippen LogP) is 2.29. The Morgan fingerprint density at radius 2 is 2.09 bits per heavy atom. The smallest absolute Gasteiger partial charge is 0.298 e. The molecule has 0 saturated heterocycles. The van der Waals surface area contributed by atoms with Crippen molar-refractivity contribution in [3.05, 3.63) is 29.6 Å². The molecule has 0 unspecified atom stereocenters. The van der Waals surface area contributed by atoms with Gasteiger partial charge >= 0.3 is 0 Å². The van der Waals surface area contributed by atoms with Crippen molar-refractivity contribution in [2.24, 2.45) is 13.0 Å². The van der Waals surface area contributed by atoms with Gasteiger partial charge in [-0.05, 0) is 11.1 Å². The molecule has 3 rings (SSSR count). The van der Waals surface area contributed by atoms with E-state index in [0.29, 0.717) is 24.8 Å². The van der Waals surface area contributed by atoms with Crippen molar-refractivity contribution >= 4 is 17.1 Å². The number of oxazole rings is 1. The molecule has 3 aromatic rings. The minimum atomic E-state index is -0.777. The summed E-state index contributed by atoms with van der Waals surface area (Å²) in [5.41, 5.74) is 0.0700. The minimum absolute atomic E-state index is 0.0674. The van der Waals surface area contributed by atoms with E-state index in [1.165, 1.54) is 4.80 Å². The van der Waals surface area contributed by atoms with Gasteiger partial charge in [-0.25, -0.2) is 8.78 Å². The standard InChI is InChI=1S/C14H16F2N6O/c1-8(2)6-22(7-12-18-20-21(3)19-12)14-17-11-5-9(15)4-10(16)13(11)23-14/h4-5,8H,6-7H2,1-3H3. The van der Waals surface area contributed by atoms with Crippen LogP contribution < -0.4 is 4.90 Å². The van der Waals surface area contributed by atoms with Gasteiger partial charge in [-0.15, -0.1) is 10.2 Å². The third-order valence-corrected chi connectivity index (χ3v) is 3.14. The highest BCUT2D eigenvalue weighted by molar-refractivity contribution is 5.75. The molecular weight excluding hydrogens is 306 g/mol. The number of nitrogens with zero attached hydrogens (tertiary/aromatic N) is 6. The normalized spacial score (nSPS) is 11.6. The van der Waals surface area contributed by atoms with Crippen LogP contribution in [0.2, 0.25) is 0 Å². The molecule has 0 fully saturated rings. The number of aryl methyl sites for hydroxylation is 1. The molecule has 0 spiro atoms. The zero-order valence-corrected chi connectivity index (χ0v) is 13.0. The highest BCUT2D eigenvalue weighted by Gasteiger charge is 2.20. The Morgan fingerprint density at radius 1 is 1.30 bits per heavy atom. The molecule has 9 heteroatoms. The fourth-order valence-electron chi connectivity index (χ4n) is 2.29. The van der Waals surface area contributed by atoms with Crippen LogP contribution in [0.1, 0.15) is 19.7 Å². The van der Waals surface area contributed by atoms with Crippen LogP contribution >= 0.6 is 0 Å². The van der Waals surface area contributed by atoms with Crippen LogP contribution in [0.5, 0.6) is 0 Å². The molecule has 1 aromatic carbocycles. The third kappa shape index (κ3) is 3.27. The first-order valence-corrected chi connectivity index (χ1v) is 7.16. The molecule has 0 amide bonds. The molecule has 122 valence electrons. The summed E-state index contributed by atoms with van der Waals surface area (Å²) in [6, 6.07) is 2.11. The summed E-state index contributed by atoms with van der Waals surface area (Å²) in [6.07, 6.45) is 0. The molecule has 7 nitrogen and oxygen atoms in total. The van der Waals surface area contributed by atoms with E-state index in [4.69, 9.17) is 4.42 Å². The molecule has 0 saturated carbocycles. The maximum atomic E-state index is 13.8. The summed E-state index contributed by atoms with van der Waals surface area (Å²) < 4.78 is 32.6. The van der Waals surface area contributed by atoms with Gasteiger partial charge < -0.3 is 9.32 Å². The Bertz CT molecular complexity index is 828. The number of benzene rings is 1. The summed E-state index contributed by atoms with van der Waals surface area (Å²) in [6.45, 7) is 4.96. The van der Waals surface area contributed by atoms with E-state index in [1.54, 1.807) is 11.9 Å². The first-order chi connectivity index (χ1) is 10.9. The summed E-state index contributed by atoms with van der Waals surface area (Å²) in [5, 5.41) is 11.8. The predicted molar refractivity (Wildman–Crippen MR) is 78.6 cm³/mol. The maximum Gasteiger partial charge on any atom is 0.298 e. The summed E-state index contributed by atoms with van der Waals surface area (Å²) >= 11 is 0. The minimum Gasteiger partial charge on any atom is -0.420 e. The van der Waals surface area contributed by atoms with Crippen LogP contribution in [0.4, 0.5) is 14.8 Å². The summed E-state index contributed by atoms with van der Waals surface area (Å²) in [5.74, 6) is -0.688. The topological polar surface area (TPSA) is 72.9 Å². The van der Waals surface area contributed by atoms with Crippen molar-refractivity contribution in [2.45, 2.75) is 20.4 Å². The Morgan fingerprint density at radius 3 is 2.74 bits per heavy atom. The number of rotatable bonds is 5. The second kappa shape index (κ2) is 5.90. The number of anilines is 1. The summed E-state index contributed by atoms with van der Waals surface area (Å²) in [7, 11) is 1.67. The average molecular weight is 322 g/mol. The maximum absolute atomic E-state index is 13.8. The van der Waals surface area contributed by atoms with E-state index in [9.17, 15) is 8.78 Å². The van der Waals surface area contributed by atoms with Gasteiger partial charge in [0.05, 0.1) is 13.6 Å². The van der Waals surface area contributed by atoms with Crippen LogP contribution in [0.3, 0.4) is 0 Å². The third-order valence-electron chi connectivity index (χ3n) is 3.14. The quantitative estimate of drug-likeness (QED) is 0.717. The monoisotopic (exact) mass is 322 g/mol. The molecule has 0 aliphatic heterocycles. The van der Waals surface area contributed by atoms with Crippen LogP contribution in [0, 0.1) is 17.6 Å². The van der Waals surface area contributed by atoms with Crippen molar-refractivity contribution < 1.29 is 13.2 Å². The van der Waals surface area contributed by atoms with Crippen molar-refractivity contribution in [1.29, 1.82) is 0 Å². The lowest BCUT2D eigenvalue weighted by atomic mass is 10.2. The SMILES string of the molecule is CC(C)CN(Cc1nnn(C)n1)c1nc2cc(F)cc(F)c2o1. The largest absolute Gasteiger partial charge is 0.420 e. The highest BCUT2D eigenvalue weighted by atomic mass is 19.1. The lowest BCUT2D eigenvalue weighted by molar-refractivity contribution is 0.505. The molecule has 0 aliphatic rings. The summed E-state index contributed by atoms with van der Waals surface area (Å²) in [4.78, 5) is 7.32. The fraction of sp³-hybridized carbons (Fsp3) is 0.429. The second-order valence-electron chi connectivity index (χ2n) is 5.70. The van der Waals surface area contributed by atoms with E-state index < -0.39 is 11.6 Å². The van der Waals surface area contributed by atoms with Crippen LogP contribution in [-0.4, -0.2) is 31.7 Å². The molecule has 0 atom stereocenters.